The van der Waals surface area contributed by atoms with Crippen molar-refractivity contribution in [3.05, 3.63) is 54.1 Å². The maximum absolute atomic E-state index is 9.49. The predicted octanol–water partition coefficient (Wildman–Crippen LogP) is 2.98. The van der Waals surface area contributed by atoms with Crippen LogP contribution in [-0.4, -0.2) is 78.1 Å². The molecule has 0 saturated carbocycles. The van der Waals surface area contributed by atoms with Crippen molar-refractivity contribution in [2.24, 2.45) is 5.92 Å². The molecule has 2 aromatic carbocycles. The standard InChI is InChI=1S/C26H32N4O3/c31-22-16-28(17-22)13-19-4-3-5-23(12-19)32-18-20-8-9-21-15-30(11-10-29(21)14-20)26-24-6-1-2-7-25(24)33-27-26/h1-7,12,20-22,31H,8-11,13-18H2. The second-order valence-corrected chi connectivity index (χ2v) is 9.85. The van der Waals surface area contributed by atoms with Gasteiger partial charge in [0.1, 0.15) is 5.75 Å². The Balaban J connectivity index is 1.01. The quantitative estimate of drug-likeness (QED) is 0.622. The van der Waals surface area contributed by atoms with E-state index in [2.05, 4.69) is 56.3 Å². The number of aromatic nitrogens is 1. The van der Waals surface area contributed by atoms with Gasteiger partial charge in [-0.3, -0.25) is 9.80 Å². The van der Waals surface area contributed by atoms with Gasteiger partial charge in [-0.15, -0.1) is 0 Å². The number of ether oxygens (including phenoxy) is 1. The van der Waals surface area contributed by atoms with Gasteiger partial charge in [-0.2, -0.15) is 0 Å². The van der Waals surface area contributed by atoms with E-state index in [9.17, 15) is 5.11 Å². The first-order valence-corrected chi connectivity index (χ1v) is 12.2. The van der Waals surface area contributed by atoms with Gasteiger partial charge in [-0.05, 0) is 42.7 Å². The summed E-state index contributed by atoms with van der Waals surface area (Å²) >= 11 is 0. The Hall–Kier alpha value is -2.61. The Bertz CT molecular complexity index is 1100. The van der Waals surface area contributed by atoms with E-state index in [1.807, 2.05) is 12.1 Å². The maximum Gasteiger partial charge on any atom is 0.180 e. The number of hydrogen-bond donors (Lipinski definition) is 1. The maximum atomic E-state index is 9.49. The largest absolute Gasteiger partial charge is 0.493 e. The van der Waals surface area contributed by atoms with E-state index in [-0.39, 0.29) is 6.10 Å². The van der Waals surface area contributed by atoms with Crippen molar-refractivity contribution >= 4 is 16.8 Å². The number of rotatable bonds is 6. The average Bonchev–Trinajstić information content (AvgIpc) is 3.26. The van der Waals surface area contributed by atoms with Crippen LogP contribution in [0, 0.1) is 5.92 Å². The zero-order valence-corrected chi connectivity index (χ0v) is 19.0. The summed E-state index contributed by atoms with van der Waals surface area (Å²) in [7, 11) is 0. The Labute approximate surface area is 194 Å². The molecule has 3 fully saturated rings. The van der Waals surface area contributed by atoms with Crippen molar-refractivity contribution in [3.8, 4) is 5.75 Å². The second kappa shape index (κ2) is 8.97. The van der Waals surface area contributed by atoms with Crippen LogP contribution in [0.1, 0.15) is 18.4 Å². The number of hydrogen-bond acceptors (Lipinski definition) is 7. The first kappa shape index (κ1) is 21.0. The molecule has 33 heavy (non-hydrogen) atoms. The number of anilines is 1. The van der Waals surface area contributed by atoms with E-state index in [1.165, 1.54) is 18.4 Å². The highest BCUT2D eigenvalue weighted by atomic mass is 16.5. The first-order valence-electron chi connectivity index (χ1n) is 12.2. The fourth-order valence-corrected chi connectivity index (χ4v) is 5.56. The fourth-order valence-electron chi connectivity index (χ4n) is 5.56. The van der Waals surface area contributed by atoms with Crippen LogP contribution in [0.5, 0.6) is 5.75 Å². The monoisotopic (exact) mass is 448 g/mol. The molecule has 0 bridgehead atoms. The SMILES string of the molecule is OC1CN(Cc2cccc(OCC3CCC4CN(c5noc6ccccc56)CCN4C3)c2)C1. The molecule has 1 aromatic heterocycles. The third-order valence-electron chi connectivity index (χ3n) is 7.39. The number of para-hydroxylation sites is 1. The van der Waals surface area contributed by atoms with Crippen LogP contribution in [0.2, 0.25) is 0 Å². The fraction of sp³-hybridized carbons (Fsp3) is 0.500. The molecule has 7 nitrogen and oxygen atoms in total. The summed E-state index contributed by atoms with van der Waals surface area (Å²) in [5, 5.41) is 15.0. The topological polar surface area (TPSA) is 65.2 Å². The van der Waals surface area contributed by atoms with Gasteiger partial charge in [-0.25, -0.2) is 0 Å². The van der Waals surface area contributed by atoms with Gasteiger partial charge < -0.3 is 19.3 Å². The zero-order chi connectivity index (χ0) is 22.2. The number of benzene rings is 2. The highest BCUT2D eigenvalue weighted by Gasteiger charge is 2.34. The van der Waals surface area contributed by atoms with Gasteiger partial charge in [0.05, 0.1) is 18.1 Å². The third kappa shape index (κ3) is 4.45. The van der Waals surface area contributed by atoms with E-state index < -0.39 is 0 Å². The number of β-amino-alcohol motifs (C(OH)–C–C–N with tert-alkyl or cyclic N) is 1. The number of aliphatic hydroxyl groups is 1. The molecule has 2 atom stereocenters. The number of piperidine rings is 1. The molecule has 0 spiro atoms. The Morgan fingerprint density at radius 2 is 1.91 bits per heavy atom. The summed E-state index contributed by atoms with van der Waals surface area (Å²) in [4.78, 5) is 7.29. The van der Waals surface area contributed by atoms with Crippen LogP contribution in [0.3, 0.4) is 0 Å². The number of piperazine rings is 1. The molecule has 3 aromatic rings. The van der Waals surface area contributed by atoms with Crippen LogP contribution in [0.15, 0.2) is 53.1 Å². The molecule has 0 amide bonds. The summed E-state index contributed by atoms with van der Waals surface area (Å²) in [6, 6.07) is 17.1. The Morgan fingerprint density at radius 3 is 2.82 bits per heavy atom. The molecule has 174 valence electrons. The Kier molecular flexibility index (Phi) is 5.70. The molecule has 3 aliphatic rings. The highest BCUT2D eigenvalue weighted by molar-refractivity contribution is 5.88. The van der Waals surface area contributed by atoms with Gasteiger partial charge in [-0.1, -0.05) is 29.4 Å². The summed E-state index contributed by atoms with van der Waals surface area (Å²) in [5.74, 6) is 2.51. The molecule has 0 radical (unpaired) electrons. The van der Waals surface area contributed by atoms with Gasteiger partial charge >= 0.3 is 0 Å². The van der Waals surface area contributed by atoms with Crippen LogP contribution in [-0.2, 0) is 6.54 Å². The lowest BCUT2D eigenvalue weighted by molar-refractivity contribution is -0.00290. The number of likely N-dealkylation sites (tertiary alicyclic amines) is 1. The minimum Gasteiger partial charge on any atom is -0.493 e. The van der Waals surface area contributed by atoms with Crippen molar-refractivity contribution in [1.29, 1.82) is 0 Å². The summed E-state index contributed by atoms with van der Waals surface area (Å²) in [5.41, 5.74) is 2.11. The second-order valence-electron chi connectivity index (χ2n) is 9.85. The first-order chi connectivity index (χ1) is 16.2. The molecule has 7 heteroatoms. The zero-order valence-electron chi connectivity index (χ0n) is 19.0. The van der Waals surface area contributed by atoms with E-state index >= 15 is 0 Å². The van der Waals surface area contributed by atoms with Gasteiger partial charge in [0, 0.05) is 57.8 Å². The molecular weight excluding hydrogens is 416 g/mol. The van der Waals surface area contributed by atoms with Crippen molar-refractivity contribution in [1.82, 2.24) is 15.0 Å². The molecule has 3 aliphatic heterocycles. The van der Waals surface area contributed by atoms with Crippen LogP contribution in [0.25, 0.3) is 11.0 Å². The molecule has 4 heterocycles. The predicted molar refractivity (Wildman–Crippen MR) is 128 cm³/mol. The van der Waals surface area contributed by atoms with Crippen LogP contribution < -0.4 is 9.64 Å². The molecular formula is C26H32N4O3. The Morgan fingerprint density at radius 1 is 1.00 bits per heavy atom. The van der Waals surface area contributed by atoms with Gasteiger partial charge in [0.25, 0.3) is 0 Å². The summed E-state index contributed by atoms with van der Waals surface area (Å²) in [6.07, 6.45) is 2.23. The smallest absolute Gasteiger partial charge is 0.180 e. The number of nitrogens with zero attached hydrogens (tertiary/aromatic N) is 4. The lowest BCUT2D eigenvalue weighted by Gasteiger charge is -2.46. The minimum atomic E-state index is -0.156. The van der Waals surface area contributed by atoms with Crippen LogP contribution >= 0.6 is 0 Å². The molecule has 2 unspecified atom stereocenters. The van der Waals surface area contributed by atoms with Crippen molar-refractivity contribution in [2.75, 3.05) is 50.8 Å². The molecule has 3 saturated heterocycles. The minimum absolute atomic E-state index is 0.156. The summed E-state index contributed by atoms with van der Waals surface area (Å²) < 4.78 is 11.8. The molecule has 0 aliphatic carbocycles. The number of aliphatic hydroxyl groups excluding tert-OH is 1. The molecule has 6 rings (SSSR count). The lowest BCUT2D eigenvalue weighted by atomic mass is 9.91. The van der Waals surface area contributed by atoms with Gasteiger partial charge in [0.2, 0.25) is 0 Å². The van der Waals surface area contributed by atoms with Crippen molar-refractivity contribution in [3.63, 3.8) is 0 Å². The molecule has 1 N–H and O–H groups in total. The van der Waals surface area contributed by atoms with Gasteiger partial charge in [0.15, 0.2) is 11.4 Å². The highest BCUT2D eigenvalue weighted by Crippen LogP contribution is 2.31. The van der Waals surface area contributed by atoms with Crippen molar-refractivity contribution < 1.29 is 14.4 Å². The van der Waals surface area contributed by atoms with E-state index in [1.54, 1.807) is 0 Å². The van der Waals surface area contributed by atoms with Crippen molar-refractivity contribution in [2.45, 2.75) is 31.5 Å². The number of fused-ring (bicyclic) bond motifs is 2. The normalized spacial score (nSPS) is 24.6. The van der Waals surface area contributed by atoms with E-state index in [0.717, 1.165) is 75.0 Å². The third-order valence-corrected chi connectivity index (χ3v) is 7.39. The average molecular weight is 449 g/mol. The van der Waals surface area contributed by atoms with E-state index in [4.69, 9.17) is 9.26 Å². The summed E-state index contributed by atoms with van der Waals surface area (Å²) in [6.45, 7) is 7.34. The van der Waals surface area contributed by atoms with Crippen LogP contribution in [0.4, 0.5) is 5.82 Å². The van der Waals surface area contributed by atoms with E-state index in [0.29, 0.717) is 12.0 Å². The lowest BCUT2D eigenvalue weighted by Crippen LogP contribution is -2.57.